The van der Waals surface area contributed by atoms with E-state index in [1.54, 1.807) is 17.8 Å². The number of benzene rings is 1. The molecule has 2 aromatic heterocycles. The van der Waals surface area contributed by atoms with Crippen LogP contribution in [0.4, 0.5) is 0 Å². The molecule has 1 aliphatic heterocycles. The molecule has 0 N–H and O–H groups in total. The molecule has 162 valence electrons. The van der Waals surface area contributed by atoms with Crippen molar-refractivity contribution in [1.82, 2.24) is 19.7 Å². The van der Waals surface area contributed by atoms with Crippen LogP contribution in [0.3, 0.4) is 0 Å². The van der Waals surface area contributed by atoms with Crippen molar-refractivity contribution in [2.24, 2.45) is 7.05 Å². The Bertz CT molecular complexity index is 1110. The number of likely N-dealkylation sites (tertiary alicyclic amines) is 1. The number of aromatic nitrogens is 3. The van der Waals surface area contributed by atoms with Crippen molar-refractivity contribution < 1.29 is 14.3 Å². The van der Waals surface area contributed by atoms with Gasteiger partial charge in [-0.15, -0.1) is 0 Å². The smallest absolute Gasteiger partial charge is 0.339 e. The first kappa shape index (κ1) is 21.0. The summed E-state index contributed by atoms with van der Waals surface area (Å²) >= 11 is 0. The zero-order valence-electron chi connectivity index (χ0n) is 18.3. The van der Waals surface area contributed by atoms with Gasteiger partial charge in [0.25, 0.3) is 5.91 Å². The van der Waals surface area contributed by atoms with Crippen molar-refractivity contribution in [3.05, 3.63) is 47.7 Å². The van der Waals surface area contributed by atoms with Gasteiger partial charge in [0.15, 0.2) is 12.3 Å². The highest BCUT2D eigenvalue weighted by Crippen LogP contribution is 2.27. The van der Waals surface area contributed by atoms with Crippen LogP contribution >= 0.6 is 0 Å². The van der Waals surface area contributed by atoms with Gasteiger partial charge in [-0.3, -0.25) is 9.48 Å². The molecule has 3 aromatic rings. The number of amides is 1. The third kappa shape index (κ3) is 4.17. The molecule has 0 radical (unpaired) electrons. The van der Waals surface area contributed by atoms with Gasteiger partial charge in [0, 0.05) is 25.2 Å². The standard InChI is InChI=1S/C24H28N4O3/c1-4-18-12-8-9-13-28(18)21(29)15-31-24(30)19-14-20(17-10-6-5-7-11-17)25-23-22(19)16(2)26-27(23)3/h5-7,10-11,14,18H,4,8-9,12-13,15H2,1-3H3. The van der Waals surface area contributed by atoms with E-state index in [4.69, 9.17) is 9.72 Å². The summed E-state index contributed by atoms with van der Waals surface area (Å²) in [6.45, 7) is 4.41. The van der Waals surface area contributed by atoms with Crippen LogP contribution in [0.1, 0.15) is 48.7 Å². The minimum absolute atomic E-state index is 0.128. The van der Waals surface area contributed by atoms with Crippen LogP contribution < -0.4 is 0 Å². The second-order valence-corrected chi connectivity index (χ2v) is 8.05. The van der Waals surface area contributed by atoms with Crippen LogP contribution in [0.5, 0.6) is 0 Å². The Labute approximate surface area is 182 Å². The van der Waals surface area contributed by atoms with Gasteiger partial charge in [-0.05, 0) is 38.7 Å². The molecular weight excluding hydrogens is 392 g/mol. The summed E-state index contributed by atoms with van der Waals surface area (Å²) in [6, 6.07) is 11.6. The number of pyridine rings is 1. The molecule has 4 rings (SSSR count). The van der Waals surface area contributed by atoms with E-state index < -0.39 is 5.97 Å². The lowest BCUT2D eigenvalue weighted by Gasteiger charge is -2.35. The number of nitrogens with zero attached hydrogens (tertiary/aromatic N) is 4. The number of fused-ring (bicyclic) bond motifs is 1. The van der Waals surface area contributed by atoms with Crippen molar-refractivity contribution >= 4 is 22.9 Å². The van der Waals surface area contributed by atoms with Crippen molar-refractivity contribution in [2.45, 2.75) is 45.6 Å². The number of carbonyl (C=O) groups is 2. The molecule has 1 amide bonds. The quantitative estimate of drug-likeness (QED) is 0.585. The third-order valence-electron chi connectivity index (χ3n) is 6.00. The Morgan fingerprint density at radius 1 is 1.19 bits per heavy atom. The Morgan fingerprint density at radius 3 is 2.71 bits per heavy atom. The molecule has 0 spiro atoms. The minimum Gasteiger partial charge on any atom is -0.452 e. The van der Waals surface area contributed by atoms with Gasteiger partial charge in [0.1, 0.15) is 0 Å². The zero-order chi connectivity index (χ0) is 22.0. The molecule has 1 aliphatic rings. The van der Waals surface area contributed by atoms with Gasteiger partial charge in [0.05, 0.1) is 22.3 Å². The van der Waals surface area contributed by atoms with Gasteiger partial charge in [0.2, 0.25) is 0 Å². The summed E-state index contributed by atoms with van der Waals surface area (Å²) < 4.78 is 7.17. The van der Waals surface area contributed by atoms with Crippen molar-refractivity contribution in [1.29, 1.82) is 0 Å². The molecule has 0 aliphatic carbocycles. The highest BCUT2D eigenvalue weighted by atomic mass is 16.5. The summed E-state index contributed by atoms with van der Waals surface area (Å²) in [5, 5.41) is 5.09. The van der Waals surface area contributed by atoms with Gasteiger partial charge >= 0.3 is 5.97 Å². The molecule has 0 bridgehead atoms. The molecule has 1 saturated heterocycles. The Morgan fingerprint density at radius 2 is 1.97 bits per heavy atom. The lowest BCUT2D eigenvalue weighted by atomic mass is 10.00. The minimum atomic E-state index is -0.529. The number of rotatable bonds is 5. The zero-order valence-corrected chi connectivity index (χ0v) is 18.3. The largest absolute Gasteiger partial charge is 0.452 e. The molecule has 1 aromatic carbocycles. The van der Waals surface area contributed by atoms with E-state index in [-0.39, 0.29) is 18.6 Å². The fourth-order valence-corrected chi connectivity index (χ4v) is 4.40. The van der Waals surface area contributed by atoms with Crippen LogP contribution in [-0.4, -0.2) is 50.7 Å². The van der Waals surface area contributed by atoms with Crippen molar-refractivity contribution in [3.8, 4) is 11.3 Å². The maximum atomic E-state index is 13.1. The van der Waals surface area contributed by atoms with Crippen LogP contribution in [0, 0.1) is 6.92 Å². The van der Waals surface area contributed by atoms with E-state index in [2.05, 4.69) is 12.0 Å². The van der Waals surface area contributed by atoms with E-state index >= 15 is 0 Å². The monoisotopic (exact) mass is 420 g/mol. The van der Waals surface area contributed by atoms with Gasteiger partial charge in [-0.2, -0.15) is 5.10 Å². The molecule has 7 heteroatoms. The highest BCUT2D eigenvalue weighted by Gasteiger charge is 2.27. The summed E-state index contributed by atoms with van der Waals surface area (Å²) in [6.07, 6.45) is 4.06. The summed E-state index contributed by atoms with van der Waals surface area (Å²) in [4.78, 5) is 32.4. The van der Waals surface area contributed by atoms with E-state index in [0.29, 0.717) is 28.0 Å². The Kier molecular flexibility index (Phi) is 6.02. The molecule has 1 fully saturated rings. The molecular formula is C24H28N4O3. The highest BCUT2D eigenvalue weighted by molar-refractivity contribution is 6.05. The van der Waals surface area contributed by atoms with Crippen LogP contribution in [0.2, 0.25) is 0 Å². The van der Waals surface area contributed by atoms with Gasteiger partial charge in [-0.1, -0.05) is 37.3 Å². The first-order chi connectivity index (χ1) is 15.0. The number of esters is 1. The second-order valence-electron chi connectivity index (χ2n) is 8.05. The summed E-state index contributed by atoms with van der Waals surface area (Å²) in [5.41, 5.74) is 3.25. The summed E-state index contributed by atoms with van der Waals surface area (Å²) in [5.74, 6) is -0.657. The lowest BCUT2D eigenvalue weighted by Crippen LogP contribution is -2.45. The fourth-order valence-electron chi connectivity index (χ4n) is 4.40. The average molecular weight is 421 g/mol. The number of ether oxygens (including phenoxy) is 1. The first-order valence-corrected chi connectivity index (χ1v) is 10.9. The number of piperidine rings is 1. The van der Waals surface area contributed by atoms with Crippen molar-refractivity contribution in [3.63, 3.8) is 0 Å². The topological polar surface area (TPSA) is 77.3 Å². The SMILES string of the molecule is CCC1CCCCN1C(=O)COC(=O)c1cc(-c2ccccc2)nc2c1c(C)nn2C. The van der Waals surface area contributed by atoms with E-state index in [0.717, 1.165) is 37.8 Å². The average Bonchev–Trinajstić information content (AvgIpc) is 3.10. The normalized spacial score (nSPS) is 16.5. The molecule has 0 saturated carbocycles. The van der Waals surface area contributed by atoms with E-state index in [9.17, 15) is 9.59 Å². The summed E-state index contributed by atoms with van der Waals surface area (Å²) in [7, 11) is 1.80. The van der Waals surface area contributed by atoms with Crippen LogP contribution in [-0.2, 0) is 16.6 Å². The first-order valence-electron chi connectivity index (χ1n) is 10.9. The molecule has 3 heterocycles. The predicted octanol–water partition coefficient (Wildman–Crippen LogP) is 3.89. The fraction of sp³-hybridized carbons (Fsp3) is 0.417. The van der Waals surface area contributed by atoms with Crippen LogP contribution in [0.15, 0.2) is 36.4 Å². The van der Waals surface area contributed by atoms with E-state index in [1.807, 2.05) is 42.2 Å². The second kappa shape index (κ2) is 8.88. The molecule has 1 unspecified atom stereocenters. The number of aryl methyl sites for hydroxylation is 2. The molecule has 31 heavy (non-hydrogen) atoms. The van der Waals surface area contributed by atoms with Gasteiger partial charge < -0.3 is 9.64 Å². The van der Waals surface area contributed by atoms with E-state index in [1.165, 1.54) is 0 Å². The number of hydrogen-bond donors (Lipinski definition) is 0. The van der Waals surface area contributed by atoms with Crippen LogP contribution in [0.25, 0.3) is 22.3 Å². The Hall–Kier alpha value is -3.22. The third-order valence-corrected chi connectivity index (χ3v) is 6.00. The number of hydrogen-bond acceptors (Lipinski definition) is 5. The van der Waals surface area contributed by atoms with Crippen molar-refractivity contribution in [2.75, 3.05) is 13.2 Å². The predicted molar refractivity (Wildman–Crippen MR) is 119 cm³/mol. The number of carbonyl (C=O) groups excluding carboxylic acids is 2. The lowest BCUT2D eigenvalue weighted by molar-refractivity contribution is -0.138. The Balaban J connectivity index is 1.62. The van der Waals surface area contributed by atoms with Gasteiger partial charge in [-0.25, -0.2) is 9.78 Å². The maximum absolute atomic E-state index is 13.1. The maximum Gasteiger partial charge on any atom is 0.339 e. The molecule has 7 nitrogen and oxygen atoms in total. The molecule has 1 atom stereocenters.